The van der Waals surface area contributed by atoms with Gasteiger partial charge in [0.2, 0.25) is 0 Å². The van der Waals surface area contributed by atoms with E-state index in [2.05, 4.69) is 40.9 Å². The molecule has 1 spiro atoms. The third kappa shape index (κ3) is 4.95. The van der Waals surface area contributed by atoms with Gasteiger partial charge in [-0.25, -0.2) is 4.79 Å². The fourth-order valence-electron chi connectivity index (χ4n) is 4.90. The number of aliphatic hydroxyl groups is 1. The minimum absolute atomic E-state index is 0.0601. The molecule has 30 heavy (non-hydrogen) atoms. The van der Waals surface area contributed by atoms with Gasteiger partial charge in [-0.1, -0.05) is 29.8 Å². The van der Waals surface area contributed by atoms with E-state index >= 15 is 0 Å². The Morgan fingerprint density at radius 2 is 2.13 bits per heavy atom. The highest BCUT2D eigenvalue weighted by Gasteiger charge is 2.42. The van der Waals surface area contributed by atoms with Crippen molar-refractivity contribution in [2.75, 3.05) is 25.0 Å². The van der Waals surface area contributed by atoms with Crippen LogP contribution in [0.15, 0.2) is 36.7 Å². The largest absolute Gasteiger partial charge is 0.394 e. The van der Waals surface area contributed by atoms with Gasteiger partial charge in [-0.3, -0.25) is 4.68 Å². The monoisotopic (exact) mass is 411 g/mol. The van der Waals surface area contributed by atoms with Crippen LogP contribution in [0.5, 0.6) is 0 Å². The van der Waals surface area contributed by atoms with E-state index in [9.17, 15) is 4.79 Å². The van der Waals surface area contributed by atoms with Crippen molar-refractivity contribution in [3.63, 3.8) is 0 Å². The first-order valence-electron chi connectivity index (χ1n) is 11.0. The number of hydrogen-bond donors (Lipinski definition) is 3. The number of rotatable bonds is 6. The predicted octanol–water partition coefficient (Wildman–Crippen LogP) is 3.14. The van der Waals surface area contributed by atoms with Crippen molar-refractivity contribution in [1.29, 1.82) is 0 Å². The van der Waals surface area contributed by atoms with Crippen LogP contribution in [0, 0.1) is 12.3 Å². The molecular formula is C23H33N5O2. The number of amides is 2. The summed E-state index contributed by atoms with van der Waals surface area (Å²) in [6, 6.07) is 8.79. The molecule has 1 aromatic heterocycles. The molecule has 1 aliphatic carbocycles. The third-order valence-corrected chi connectivity index (χ3v) is 6.63. The molecule has 1 saturated carbocycles. The molecule has 1 aliphatic heterocycles. The first-order chi connectivity index (χ1) is 14.5. The highest BCUT2D eigenvalue weighted by atomic mass is 16.3. The molecule has 0 radical (unpaired) electrons. The molecule has 0 atom stereocenters. The molecular weight excluding hydrogens is 378 g/mol. The van der Waals surface area contributed by atoms with Gasteiger partial charge < -0.3 is 20.6 Å². The number of nitrogens with one attached hydrogen (secondary N) is 2. The van der Waals surface area contributed by atoms with Gasteiger partial charge >= 0.3 is 6.03 Å². The van der Waals surface area contributed by atoms with E-state index in [4.69, 9.17) is 5.11 Å². The Labute approximate surface area is 178 Å². The minimum Gasteiger partial charge on any atom is -0.394 e. The second-order valence-corrected chi connectivity index (χ2v) is 8.95. The maximum Gasteiger partial charge on any atom is 0.317 e. The molecule has 0 bridgehead atoms. The summed E-state index contributed by atoms with van der Waals surface area (Å²) in [6.45, 7) is 5.00. The van der Waals surface area contributed by atoms with Gasteiger partial charge in [-0.2, -0.15) is 5.10 Å². The molecule has 2 aromatic rings. The Hall–Kier alpha value is -2.54. The Bertz CT molecular complexity index is 857. The number of aryl methyl sites for hydroxylation is 1. The summed E-state index contributed by atoms with van der Waals surface area (Å²) in [7, 11) is 0. The smallest absolute Gasteiger partial charge is 0.317 e. The van der Waals surface area contributed by atoms with Crippen molar-refractivity contribution in [3.05, 3.63) is 47.8 Å². The van der Waals surface area contributed by atoms with Gasteiger partial charge in [0.15, 0.2) is 0 Å². The van der Waals surface area contributed by atoms with Gasteiger partial charge in [-0.15, -0.1) is 0 Å². The zero-order chi connectivity index (χ0) is 21.0. The van der Waals surface area contributed by atoms with Crippen LogP contribution in [-0.4, -0.2) is 51.6 Å². The third-order valence-electron chi connectivity index (χ3n) is 6.63. The van der Waals surface area contributed by atoms with Crippen LogP contribution in [0.3, 0.4) is 0 Å². The van der Waals surface area contributed by atoms with E-state index in [0.29, 0.717) is 19.1 Å². The molecule has 2 aliphatic rings. The number of benzene rings is 1. The van der Waals surface area contributed by atoms with Crippen LogP contribution in [0.2, 0.25) is 0 Å². The highest BCUT2D eigenvalue weighted by Crippen LogP contribution is 2.44. The van der Waals surface area contributed by atoms with Crippen molar-refractivity contribution in [2.24, 2.45) is 5.41 Å². The second kappa shape index (κ2) is 9.08. The number of carbonyl (C=O) groups is 1. The van der Waals surface area contributed by atoms with Gasteiger partial charge in [0.05, 0.1) is 25.0 Å². The van der Waals surface area contributed by atoms with E-state index < -0.39 is 0 Å². The van der Waals surface area contributed by atoms with Crippen molar-refractivity contribution >= 4 is 11.7 Å². The zero-order valence-electron chi connectivity index (χ0n) is 17.8. The number of urea groups is 1. The summed E-state index contributed by atoms with van der Waals surface area (Å²) in [5, 5.41) is 20.0. The van der Waals surface area contributed by atoms with Crippen LogP contribution in [0.1, 0.15) is 43.2 Å². The summed E-state index contributed by atoms with van der Waals surface area (Å²) in [6.07, 6.45) is 9.42. The number of aromatic nitrogens is 2. The van der Waals surface area contributed by atoms with Crippen LogP contribution < -0.4 is 10.6 Å². The second-order valence-electron chi connectivity index (χ2n) is 8.95. The lowest BCUT2D eigenvalue weighted by Gasteiger charge is -2.37. The molecule has 7 nitrogen and oxygen atoms in total. The normalized spacial score (nSPS) is 23.7. The first kappa shape index (κ1) is 20.7. The maximum atomic E-state index is 12.7. The number of nitrogens with zero attached hydrogens (tertiary/aromatic N) is 3. The average Bonchev–Trinajstić information content (AvgIpc) is 3.36. The summed E-state index contributed by atoms with van der Waals surface area (Å²) < 4.78 is 1.76. The standard InChI is InChI=1S/C23H33N5O2/c1-18-3-2-4-19(13-18)14-24-22(30)27-10-9-23(17-27)7-5-20(6-8-23)26-21-15-25-28(16-21)11-12-29/h2-4,13,15-16,20,26,29H,5-12,14,17H2,1H3,(H,24,30)/t20-,23+. The first-order valence-corrected chi connectivity index (χ1v) is 11.0. The van der Waals surface area contributed by atoms with Crippen LogP contribution in [0.4, 0.5) is 10.5 Å². The Kier molecular flexibility index (Phi) is 6.27. The van der Waals surface area contributed by atoms with E-state index in [1.165, 1.54) is 5.56 Å². The molecule has 1 saturated heterocycles. The van der Waals surface area contributed by atoms with Crippen LogP contribution >= 0.6 is 0 Å². The molecule has 3 N–H and O–H groups in total. The number of likely N-dealkylation sites (tertiary alicyclic amines) is 1. The molecule has 0 unspecified atom stereocenters. The molecule has 2 amide bonds. The topological polar surface area (TPSA) is 82.4 Å². The lowest BCUT2D eigenvalue weighted by molar-refractivity contribution is 0.172. The van der Waals surface area contributed by atoms with Crippen molar-refractivity contribution < 1.29 is 9.90 Å². The lowest BCUT2D eigenvalue weighted by Crippen LogP contribution is -2.41. The van der Waals surface area contributed by atoms with E-state index in [1.54, 1.807) is 4.68 Å². The quantitative estimate of drug-likeness (QED) is 0.682. The van der Waals surface area contributed by atoms with Crippen molar-refractivity contribution in [2.45, 2.75) is 58.2 Å². The number of carbonyl (C=O) groups excluding carboxylic acids is 1. The maximum absolute atomic E-state index is 12.7. The fraction of sp³-hybridized carbons (Fsp3) is 0.565. The molecule has 7 heteroatoms. The van der Waals surface area contributed by atoms with Crippen LogP contribution in [0.25, 0.3) is 0 Å². The molecule has 1 aromatic carbocycles. The zero-order valence-corrected chi connectivity index (χ0v) is 17.8. The van der Waals surface area contributed by atoms with Gasteiger partial charge in [0.1, 0.15) is 0 Å². The predicted molar refractivity (Wildman–Crippen MR) is 117 cm³/mol. The van der Waals surface area contributed by atoms with E-state index in [0.717, 1.165) is 56.4 Å². The van der Waals surface area contributed by atoms with Crippen LogP contribution in [-0.2, 0) is 13.1 Å². The summed E-state index contributed by atoms with van der Waals surface area (Å²) in [5.41, 5.74) is 3.66. The number of aliphatic hydroxyl groups excluding tert-OH is 1. The molecule has 2 fully saturated rings. The molecule has 162 valence electrons. The number of anilines is 1. The summed E-state index contributed by atoms with van der Waals surface area (Å²) in [4.78, 5) is 14.7. The van der Waals surface area contributed by atoms with Gasteiger partial charge in [-0.05, 0) is 50.0 Å². The summed E-state index contributed by atoms with van der Waals surface area (Å²) >= 11 is 0. The van der Waals surface area contributed by atoms with Gasteiger partial charge in [0.25, 0.3) is 0 Å². The highest BCUT2D eigenvalue weighted by molar-refractivity contribution is 5.74. The van der Waals surface area contributed by atoms with Crippen molar-refractivity contribution in [3.8, 4) is 0 Å². The Balaban J connectivity index is 1.23. The minimum atomic E-state index is 0.0601. The van der Waals surface area contributed by atoms with Gasteiger partial charge in [0, 0.05) is 31.9 Å². The average molecular weight is 412 g/mol. The van der Waals surface area contributed by atoms with Crippen molar-refractivity contribution in [1.82, 2.24) is 20.0 Å². The number of hydrogen-bond acceptors (Lipinski definition) is 4. The Morgan fingerprint density at radius 3 is 2.90 bits per heavy atom. The van der Waals surface area contributed by atoms with E-state index in [-0.39, 0.29) is 18.1 Å². The summed E-state index contributed by atoms with van der Waals surface area (Å²) in [5.74, 6) is 0. The molecule has 4 rings (SSSR count). The molecule has 2 heterocycles. The van der Waals surface area contributed by atoms with E-state index in [1.807, 2.05) is 23.4 Å². The Morgan fingerprint density at radius 1 is 1.30 bits per heavy atom. The SMILES string of the molecule is Cc1cccc(CNC(=O)N2CC[C@]3(CC[C@H](Nc4cnn(CCO)c4)CC3)C2)c1. The lowest BCUT2D eigenvalue weighted by atomic mass is 9.72. The fourth-order valence-corrected chi connectivity index (χ4v) is 4.90.